The minimum atomic E-state index is -0.513. The zero-order chi connectivity index (χ0) is 21.6. The molecule has 0 saturated carbocycles. The predicted octanol–water partition coefficient (Wildman–Crippen LogP) is 3.76. The summed E-state index contributed by atoms with van der Waals surface area (Å²) in [5.74, 6) is 0.0894. The minimum Gasteiger partial charge on any atom is -0.444 e. The first-order chi connectivity index (χ1) is 14.3. The van der Waals surface area contributed by atoms with Gasteiger partial charge >= 0.3 is 6.09 Å². The molecule has 1 N–H and O–H groups in total. The van der Waals surface area contributed by atoms with Crippen molar-refractivity contribution >= 4 is 22.9 Å². The van der Waals surface area contributed by atoms with E-state index in [0.29, 0.717) is 25.8 Å². The first-order valence-electron chi connectivity index (χ1n) is 10.0. The first kappa shape index (κ1) is 21.4. The second kappa shape index (κ2) is 9.47. The van der Waals surface area contributed by atoms with E-state index in [4.69, 9.17) is 4.74 Å². The smallest absolute Gasteiger partial charge is 0.407 e. The molecule has 3 aromatic rings. The van der Waals surface area contributed by atoms with Crippen LogP contribution in [0.1, 0.15) is 40.0 Å². The Morgan fingerprint density at radius 2 is 1.87 bits per heavy atom. The van der Waals surface area contributed by atoms with Crippen LogP contribution in [0.15, 0.2) is 42.9 Å². The van der Waals surface area contributed by atoms with Crippen LogP contribution in [0.3, 0.4) is 0 Å². The van der Waals surface area contributed by atoms with Crippen LogP contribution in [-0.4, -0.2) is 43.8 Å². The lowest BCUT2D eigenvalue weighted by molar-refractivity contribution is -0.119. The van der Waals surface area contributed by atoms with Gasteiger partial charge in [-0.2, -0.15) is 5.10 Å². The van der Waals surface area contributed by atoms with Gasteiger partial charge in [-0.1, -0.05) is 12.1 Å². The van der Waals surface area contributed by atoms with E-state index in [9.17, 15) is 9.59 Å². The summed E-state index contributed by atoms with van der Waals surface area (Å²) in [6.45, 7) is 6.14. The van der Waals surface area contributed by atoms with E-state index in [2.05, 4.69) is 20.4 Å². The van der Waals surface area contributed by atoms with E-state index in [1.165, 1.54) is 0 Å². The van der Waals surface area contributed by atoms with Crippen LogP contribution < -0.4 is 5.32 Å². The maximum absolute atomic E-state index is 12.2. The number of fused-ring (bicyclic) bond motifs is 1. The van der Waals surface area contributed by atoms with Crippen molar-refractivity contribution in [3.8, 4) is 11.3 Å². The van der Waals surface area contributed by atoms with Crippen molar-refractivity contribution < 1.29 is 14.3 Å². The van der Waals surface area contributed by atoms with Gasteiger partial charge in [0.25, 0.3) is 0 Å². The molecule has 0 spiro atoms. The third-order valence-electron chi connectivity index (χ3n) is 4.27. The molecule has 8 heteroatoms. The van der Waals surface area contributed by atoms with Gasteiger partial charge in [-0.25, -0.2) is 9.78 Å². The highest BCUT2D eigenvalue weighted by atomic mass is 16.6. The fraction of sp³-hybridized carbons (Fsp3) is 0.409. The zero-order valence-electron chi connectivity index (χ0n) is 17.6. The van der Waals surface area contributed by atoms with E-state index >= 15 is 0 Å². The van der Waals surface area contributed by atoms with Crippen molar-refractivity contribution in [1.29, 1.82) is 0 Å². The number of alkyl carbamates (subject to hydrolysis) is 1. The lowest BCUT2D eigenvalue weighted by Crippen LogP contribution is -2.33. The average Bonchev–Trinajstić information content (AvgIpc) is 3.14. The summed E-state index contributed by atoms with van der Waals surface area (Å²) in [6.07, 6.45) is 6.61. The number of ketones is 1. The number of nitrogens with one attached hydrogen (secondary N) is 1. The zero-order valence-corrected chi connectivity index (χ0v) is 17.6. The summed E-state index contributed by atoms with van der Waals surface area (Å²) < 4.78 is 6.79. The van der Waals surface area contributed by atoms with E-state index in [1.807, 2.05) is 45.0 Å². The third kappa shape index (κ3) is 6.37. The van der Waals surface area contributed by atoms with Gasteiger partial charge < -0.3 is 10.1 Å². The Morgan fingerprint density at radius 3 is 2.63 bits per heavy atom. The van der Waals surface area contributed by atoms with E-state index in [0.717, 1.165) is 22.3 Å². The number of nitrogens with zero attached hydrogens (tertiary/aromatic N) is 4. The van der Waals surface area contributed by atoms with Gasteiger partial charge in [0.1, 0.15) is 5.60 Å². The molecule has 158 valence electrons. The number of aromatic nitrogens is 4. The lowest BCUT2D eigenvalue weighted by Gasteiger charge is -2.19. The standard InChI is InChI=1S/C22H27N5O3/c1-22(2,3)30-21(29)23-11-7-6-8-17(28)15-27-14-16(12-25-27)20-13-24-18-9-4-5-10-19(18)26-20/h4-5,9-10,12-14H,6-8,11,15H2,1-3H3,(H,23,29). The Bertz CT molecular complexity index is 1020. The Labute approximate surface area is 175 Å². The van der Waals surface area contributed by atoms with Crippen molar-refractivity contribution in [2.45, 2.75) is 52.2 Å². The van der Waals surface area contributed by atoms with Crippen LogP contribution in [0.2, 0.25) is 0 Å². The molecule has 1 amide bonds. The summed E-state index contributed by atoms with van der Waals surface area (Å²) in [4.78, 5) is 32.8. The van der Waals surface area contributed by atoms with Crippen molar-refractivity contribution in [1.82, 2.24) is 25.1 Å². The predicted molar refractivity (Wildman–Crippen MR) is 114 cm³/mol. The molecule has 1 aromatic carbocycles. The van der Waals surface area contributed by atoms with Gasteiger partial charge in [0.15, 0.2) is 5.78 Å². The molecule has 0 fully saturated rings. The van der Waals surface area contributed by atoms with Gasteiger partial charge in [-0.05, 0) is 45.7 Å². The Balaban J connectivity index is 1.43. The monoisotopic (exact) mass is 409 g/mol. The first-order valence-corrected chi connectivity index (χ1v) is 10.0. The maximum atomic E-state index is 12.2. The van der Waals surface area contributed by atoms with Crippen LogP contribution in [0.5, 0.6) is 0 Å². The molecule has 8 nitrogen and oxygen atoms in total. The number of hydrogen-bond acceptors (Lipinski definition) is 6. The number of benzene rings is 1. The fourth-order valence-corrected chi connectivity index (χ4v) is 2.89. The highest BCUT2D eigenvalue weighted by molar-refractivity contribution is 5.78. The lowest BCUT2D eigenvalue weighted by atomic mass is 10.2. The van der Waals surface area contributed by atoms with Crippen LogP contribution in [-0.2, 0) is 16.1 Å². The molecule has 0 radical (unpaired) electrons. The number of ether oxygens (including phenoxy) is 1. The number of carbonyl (C=O) groups is 2. The van der Waals surface area contributed by atoms with Crippen LogP contribution in [0.25, 0.3) is 22.3 Å². The van der Waals surface area contributed by atoms with Crippen LogP contribution >= 0.6 is 0 Å². The second-order valence-corrected chi connectivity index (χ2v) is 8.09. The molecule has 0 atom stereocenters. The van der Waals surface area contributed by atoms with Gasteiger partial charge in [-0.15, -0.1) is 0 Å². The summed E-state index contributed by atoms with van der Waals surface area (Å²) >= 11 is 0. The van der Waals surface area contributed by atoms with E-state index < -0.39 is 11.7 Å². The third-order valence-corrected chi connectivity index (χ3v) is 4.27. The molecule has 0 aliphatic heterocycles. The largest absolute Gasteiger partial charge is 0.444 e. The van der Waals surface area contributed by atoms with Crippen LogP contribution in [0.4, 0.5) is 4.79 Å². The number of rotatable bonds is 8. The molecular weight excluding hydrogens is 382 g/mol. The average molecular weight is 409 g/mol. The molecule has 30 heavy (non-hydrogen) atoms. The highest BCUT2D eigenvalue weighted by Crippen LogP contribution is 2.18. The number of hydrogen-bond donors (Lipinski definition) is 1. The Morgan fingerprint density at radius 1 is 1.10 bits per heavy atom. The van der Waals surface area contributed by atoms with E-state index in [-0.39, 0.29) is 12.3 Å². The Kier molecular flexibility index (Phi) is 6.76. The molecule has 0 bridgehead atoms. The molecule has 0 aliphatic carbocycles. The quantitative estimate of drug-likeness (QED) is 0.569. The van der Waals surface area contributed by atoms with Gasteiger partial charge in [-0.3, -0.25) is 14.5 Å². The van der Waals surface area contributed by atoms with Gasteiger partial charge in [0.05, 0.1) is 35.7 Å². The molecule has 2 aromatic heterocycles. The molecule has 0 aliphatic rings. The van der Waals surface area contributed by atoms with Crippen LogP contribution in [0, 0.1) is 0 Å². The summed E-state index contributed by atoms with van der Waals surface area (Å²) in [5, 5.41) is 6.96. The van der Waals surface area contributed by atoms with Crippen molar-refractivity contribution in [3.63, 3.8) is 0 Å². The van der Waals surface area contributed by atoms with Gasteiger partial charge in [0, 0.05) is 24.7 Å². The topological polar surface area (TPSA) is 99.0 Å². The van der Waals surface area contributed by atoms with Crippen molar-refractivity contribution in [3.05, 3.63) is 42.9 Å². The number of amides is 1. The maximum Gasteiger partial charge on any atom is 0.407 e. The normalized spacial score (nSPS) is 11.4. The summed E-state index contributed by atoms with van der Waals surface area (Å²) in [7, 11) is 0. The Hall–Kier alpha value is -3.29. The fourth-order valence-electron chi connectivity index (χ4n) is 2.89. The molecule has 2 heterocycles. The van der Waals surface area contributed by atoms with Crippen molar-refractivity contribution in [2.24, 2.45) is 0 Å². The van der Waals surface area contributed by atoms with E-state index in [1.54, 1.807) is 23.3 Å². The molecule has 3 rings (SSSR count). The summed E-state index contributed by atoms with van der Waals surface area (Å²) in [5.41, 5.74) is 2.69. The number of Topliss-reactive ketones (excluding diaryl/α,β-unsaturated/α-hetero) is 1. The van der Waals surface area contributed by atoms with Gasteiger partial charge in [0.2, 0.25) is 0 Å². The highest BCUT2D eigenvalue weighted by Gasteiger charge is 2.15. The van der Waals surface area contributed by atoms with Crippen molar-refractivity contribution in [2.75, 3.05) is 6.54 Å². The minimum absolute atomic E-state index is 0.0894. The number of para-hydroxylation sites is 2. The summed E-state index contributed by atoms with van der Waals surface area (Å²) in [6, 6.07) is 7.68. The molecule has 0 unspecified atom stereocenters. The number of carbonyl (C=O) groups excluding carboxylic acids is 2. The SMILES string of the molecule is CC(C)(C)OC(=O)NCCCCC(=O)Cn1cc(-c2cnc3ccccc3n2)cn1. The second-order valence-electron chi connectivity index (χ2n) is 8.09. The molecule has 0 saturated heterocycles. The molecular formula is C22H27N5O3. The number of unbranched alkanes of at least 4 members (excludes halogenated alkanes) is 1.